The highest BCUT2D eigenvalue weighted by atomic mass is 32.2. The summed E-state index contributed by atoms with van der Waals surface area (Å²) in [6, 6.07) is 0.603. The van der Waals surface area contributed by atoms with Gasteiger partial charge in [0.25, 0.3) is 0 Å². The molecule has 1 aromatic rings. The van der Waals surface area contributed by atoms with E-state index < -0.39 is 0 Å². The van der Waals surface area contributed by atoms with Gasteiger partial charge in [0, 0.05) is 30.7 Å². The Morgan fingerprint density at radius 2 is 2.43 bits per heavy atom. The lowest BCUT2D eigenvalue weighted by Gasteiger charge is -2.19. The van der Waals surface area contributed by atoms with E-state index in [1.54, 1.807) is 0 Å². The van der Waals surface area contributed by atoms with Crippen LogP contribution in [0.1, 0.15) is 19.3 Å². The van der Waals surface area contributed by atoms with E-state index in [0.29, 0.717) is 6.04 Å². The lowest BCUT2D eigenvalue weighted by molar-refractivity contribution is 0.743. The van der Waals surface area contributed by atoms with Gasteiger partial charge in [0.05, 0.1) is 0 Å². The van der Waals surface area contributed by atoms with Crippen molar-refractivity contribution in [3.8, 4) is 0 Å². The molecule has 1 aliphatic carbocycles. The van der Waals surface area contributed by atoms with Gasteiger partial charge in [-0.3, -0.25) is 0 Å². The molecule has 0 bridgehead atoms. The topological polar surface area (TPSA) is 29.9 Å². The largest absolute Gasteiger partial charge is 0.352 e. The zero-order chi connectivity index (χ0) is 9.97. The molecule has 1 aromatic heterocycles. The number of rotatable bonds is 3. The van der Waals surface area contributed by atoms with Crippen molar-refractivity contribution >= 4 is 17.7 Å². The van der Waals surface area contributed by atoms with Crippen LogP contribution in [0.15, 0.2) is 12.4 Å². The van der Waals surface area contributed by atoms with Gasteiger partial charge in [-0.25, -0.2) is 4.98 Å². The number of nitrogens with one attached hydrogen (secondary N) is 1. The van der Waals surface area contributed by atoms with Crippen LogP contribution in [0.3, 0.4) is 0 Å². The fourth-order valence-corrected chi connectivity index (χ4v) is 2.98. The fraction of sp³-hybridized carbons (Fsp3) is 0.700. The van der Waals surface area contributed by atoms with Gasteiger partial charge >= 0.3 is 0 Å². The first kappa shape index (κ1) is 9.90. The zero-order valence-corrected chi connectivity index (χ0v) is 9.55. The molecule has 14 heavy (non-hydrogen) atoms. The fourth-order valence-electron chi connectivity index (χ4n) is 2.04. The molecule has 2 unspecified atom stereocenters. The third-order valence-electron chi connectivity index (χ3n) is 2.89. The highest BCUT2D eigenvalue weighted by Crippen LogP contribution is 2.30. The Labute approximate surface area is 89.3 Å². The zero-order valence-electron chi connectivity index (χ0n) is 8.73. The van der Waals surface area contributed by atoms with E-state index in [9.17, 15) is 0 Å². The van der Waals surface area contributed by atoms with Crippen molar-refractivity contribution in [2.75, 3.05) is 11.6 Å². The van der Waals surface area contributed by atoms with Crippen molar-refractivity contribution in [2.24, 2.45) is 7.05 Å². The highest BCUT2D eigenvalue weighted by Gasteiger charge is 2.26. The van der Waals surface area contributed by atoms with E-state index in [-0.39, 0.29) is 0 Å². The molecule has 4 heteroatoms. The second-order valence-corrected chi connectivity index (χ2v) is 4.89. The summed E-state index contributed by atoms with van der Waals surface area (Å²) in [5.41, 5.74) is 0. The van der Waals surface area contributed by atoms with Gasteiger partial charge in [0.2, 0.25) is 5.95 Å². The van der Waals surface area contributed by atoms with Gasteiger partial charge in [-0.1, -0.05) is 6.42 Å². The molecule has 0 saturated heterocycles. The Hall–Kier alpha value is -0.640. The summed E-state index contributed by atoms with van der Waals surface area (Å²) in [6.07, 6.45) is 9.97. The van der Waals surface area contributed by atoms with E-state index in [0.717, 1.165) is 11.2 Å². The lowest BCUT2D eigenvalue weighted by Crippen LogP contribution is -2.27. The number of hydrogen-bond acceptors (Lipinski definition) is 3. The molecular formula is C10H17N3S. The van der Waals surface area contributed by atoms with E-state index in [4.69, 9.17) is 0 Å². The molecule has 1 aliphatic rings. The molecule has 0 aromatic carbocycles. The number of thioether (sulfide) groups is 1. The summed E-state index contributed by atoms with van der Waals surface area (Å²) in [5.74, 6) is 0.996. The SMILES string of the molecule is CSC1CCCC1Nc1nccn1C. The second-order valence-electron chi connectivity index (χ2n) is 3.82. The average molecular weight is 211 g/mol. The third kappa shape index (κ3) is 1.90. The first-order valence-corrected chi connectivity index (χ1v) is 6.36. The summed E-state index contributed by atoms with van der Waals surface area (Å²) in [5, 5.41) is 4.28. The van der Waals surface area contributed by atoms with Crippen molar-refractivity contribution in [1.29, 1.82) is 0 Å². The minimum Gasteiger partial charge on any atom is -0.352 e. The summed E-state index contributed by atoms with van der Waals surface area (Å²) in [6.45, 7) is 0. The van der Waals surface area contributed by atoms with Crippen molar-refractivity contribution < 1.29 is 0 Å². The number of aromatic nitrogens is 2. The van der Waals surface area contributed by atoms with Crippen molar-refractivity contribution in [1.82, 2.24) is 9.55 Å². The molecule has 0 spiro atoms. The molecular weight excluding hydrogens is 194 g/mol. The maximum absolute atomic E-state index is 4.29. The van der Waals surface area contributed by atoms with E-state index >= 15 is 0 Å². The van der Waals surface area contributed by atoms with Crippen molar-refractivity contribution in [3.63, 3.8) is 0 Å². The van der Waals surface area contributed by atoms with E-state index in [2.05, 4.69) is 16.6 Å². The average Bonchev–Trinajstić information content (AvgIpc) is 2.77. The standard InChI is InChI=1S/C10H17N3S/c1-13-7-6-11-10(13)12-8-4-3-5-9(8)14-2/h6-9H,3-5H2,1-2H3,(H,11,12). The Kier molecular flexibility index (Phi) is 3.01. The molecule has 78 valence electrons. The molecule has 1 fully saturated rings. The Morgan fingerprint density at radius 3 is 3.07 bits per heavy atom. The van der Waals surface area contributed by atoms with Gasteiger partial charge in [0.1, 0.15) is 0 Å². The second kappa shape index (κ2) is 4.26. The molecule has 1 heterocycles. The smallest absolute Gasteiger partial charge is 0.202 e. The van der Waals surface area contributed by atoms with Crippen molar-refractivity contribution in [3.05, 3.63) is 12.4 Å². The minimum absolute atomic E-state index is 0.603. The molecule has 0 aliphatic heterocycles. The normalized spacial score (nSPS) is 26.7. The first-order chi connectivity index (χ1) is 6.81. The van der Waals surface area contributed by atoms with Crippen LogP contribution in [0.25, 0.3) is 0 Å². The maximum Gasteiger partial charge on any atom is 0.202 e. The summed E-state index contributed by atoms with van der Waals surface area (Å²) in [4.78, 5) is 4.29. The number of imidazole rings is 1. The van der Waals surface area contributed by atoms with Gasteiger partial charge in [-0.05, 0) is 19.1 Å². The number of hydrogen-bond donors (Lipinski definition) is 1. The van der Waals surface area contributed by atoms with E-state index in [1.165, 1.54) is 19.3 Å². The molecule has 0 radical (unpaired) electrons. The molecule has 3 nitrogen and oxygen atoms in total. The third-order valence-corrected chi connectivity index (χ3v) is 4.06. The van der Waals surface area contributed by atoms with Crippen LogP contribution in [-0.4, -0.2) is 27.1 Å². The van der Waals surface area contributed by atoms with Crippen LogP contribution in [0.5, 0.6) is 0 Å². The Bertz CT molecular complexity index is 297. The maximum atomic E-state index is 4.29. The minimum atomic E-state index is 0.603. The molecule has 1 saturated carbocycles. The molecule has 2 rings (SSSR count). The molecule has 1 N–H and O–H groups in total. The Balaban J connectivity index is 2.00. The van der Waals surface area contributed by atoms with Gasteiger partial charge in [0.15, 0.2) is 0 Å². The van der Waals surface area contributed by atoms with Crippen LogP contribution < -0.4 is 5.32 Å². The van der Waals surface area contributed by atoms with Crippen LogP contribution in [-0.2, 0) is 7.05 Å². The molecule has 2 atom stereocenters. The quantitative estimate of drug-likeness (QED) is 0.830. The van der Waals surface area contributed by atoms with Gasteiger partial charge < -0.3 is 9.88 Å². The number of nitrogens with zero attached hydrogens (tertiary/aromatic N) is 2. The first-order valence-electron chi connectivity index (χ1n) is 5.08. The van der Waals surface area contributed by atoms with Crippen LogP contribution in [0.2, 0.25) is 0 Å². The summed E-state index contributed by atoms with van der Waals surface area (Å²) >= 11 is 1.97. The summed E-state index contributed by atoms with van der Waals surface area (Å²) in [7, 11) is 2.03. The van der Waals surface area contributed by atoms with Gasteiger partial charge in [-0.2, -0.15) is 11.8 Å². The number of anilines is 1. The van der Waals surface area contributed by atoms with Crippen LogP contribution in [0, 0.1) is 0 Å². The highest BCUT2D eigenvalue weighted by molar-refractivity contribution is 7.99. The predicted octanol–water partition coefficient (Wildman–Crippen LogP) is 2.12. The Morgan fingerprint density at radius 1 is 1.57 bits per heavy atom. The van der Waals surface area contributed by atoms with Crippen LogP contribution >= 0.6 is 11.8 Å². The van der Waals surface area contributed by atoms with Gasteiger partial charge in [-0.15, -0.1) is 0 Å². The molecule has 0 amide bonds. The predicted molar refractivity (Wildman–Crippen MR) is 61.8 cm³/mol. The summed E-state index contributed by atoms with van der Waals surface area (Å²) < 4.78 is 2.04. The van der Waals surface area contributed by atoms with Crippen molar-refractivity contribution in [2.45, 2.75) is 30.6 Å². The number of aryl methyl sites for hydroxylation is 1. The van der Waals surface area contributed by atoms with Crippen LogP contribution in [0.4, 0.5) is 5.95 Å². The van der Waals surface area contributed by atoms with E-state index in [1.807, 2.05) is 35.8 Å². The lowest BCUT2D eigenvalue weighted by atomic mass is 10.2. The monoisotopic (exact) mass is 211 g/mol.